The Balaban J connectivity index is 1.94. The van der Waals surface area contributed by atoms with Gasteiger partial charge in [0.25, 0.3) is 0 Å². The summed E-state index contributed by atoms with van der Waals surface area (Å²) in [5, 5.41) is 3.89. The third-order valence-corrected chi connectivity index (χ3v) is 4.47. The van der Waals surface area contributed by atoms with E-state index in [0.29, 0.717) is 0 Å². The number of hydrogen-bond donors (Lipinski definition) is 1. The van der Waals surface area contributed by atoms with Crippen LogP contribution in [0.3, 0.4) is 0 Å². The number of halogens is 1. The first-order valence-corrected chi connectivity index (χ1v) is 8.37. The van der Waals surface area contributed by atoms with E-state index < -0.39 is 0 Å². The van der Waals surface area contributed by atoms with Gasteiger partial charge in [0.1, 0.15) is 0 Å². The number of anilines is 1. The Bertz CT molecular complexity index is 411. The molecule has 3 heteroatoms. The van der Waals surface area contributed by atoms with E-state index in [0.717, 1.165) is 23.9 Å². The third kappa shape index (κ3) is 4.64. The number of benzene rings is 1. The lowest BCUT2D eigenvalue weighted by Gasteiger charge is -2.19. The lowest BCUT2D eigenvalue weighted by atomic mass is 9.90. The summed E-state index contributed by atoms with van der Waals surface area (Å²) in [7, 11) is 0. The van der Waals surface area contributed by atoms with E-state index in [1.807, 2.05) is 18.2 Å². The molecule has 0 spiro atoms. The van der Waals surface area contributed by atoms with Crippen molar-refractivity contribution in [2.75, 3.05) is 5.32 Å². The summed E-state index contributed by atoms with van der Waals surface area (Å²) < 4.78 is 0. The van der Waals surface area contributed by atoms with Gasteiger partial charge in [-0.2, -0.15) is 0 Å². The minimum Gasteiger partial charge on any atom is -0.326 e. The first kappa shape index (κ1) is 14.6. The molecule has 1 aliphatic carbocycles. The van der Waals surface area contributed by atoms with Crippen LogP contribution in [0.4, 0.5) is 5.69 Å². The van der Waals surface area contributed by atoms with E-state index in [2.05, 4.69) is 27.3 Å². The van der Waals surface area contributed by atoms with Crippen molar-refractivity contribution in [3.05, 3.63) is 29.8 Å². The maximum Gasteiger partial charge on any atom is 0.227 e. The SMILES string of the molecule is O=C(Nc1cccc(CBr)c1)C1CCCCCCC1. The smallest absolute Gasteiger partial charge is 0.227 e. The van der Waals surface area contributed by atoms with Crippen molar-refractivity contribution in [2.45, 2.75) is 50.3 Å². The molecule has 2 rings (SSSR count). The largest absolute Gasteiger partial charge is 0.326 e. The molecule has 1 aliphatic rings. The number of carbonyl (C=O) groups excluding carboxylic acids is 1. The normalized spacial score (nSPS) is 17.5. The summed E-state index contributed by atoms with van der Waals surface area (Å²) in [5.41, 5.74) is 2.11. The Labute approximate surface area is 124 Å². The van der Waals surface area contributed by atoms with E-state index in [-0.39, 0.29) is 11.8 Å². The quantitative estimate of drug-likeness (QED) is 0.789. The number of nitrogens with one attached hydrogen (secondary N) is 1. The van der Waals surface area contributed by atoms with Crippen molar-refractivity contribution in [1.29, 1.82) is 0 Å². The Morgan fingerprint density at radius 3 is 2.53 bits per heavy atom. The summed E-state index contributed by atoms with van der Waals surface area (Å²) in [6, 6.07) is 8.05. The van der Waals surface area contributed by atoms with Crippen LogP contribution in [0.5, 0.6) is 0 Å². The summed E-state index contributed by atoms with van der Waals surface area (Å²) >= 11 is 3.44. The number of alkyl halides is 1. The first-order valence-electron chi connectivity index (χ1n) is 7.25. The molecule has 0 aliphatic heterocycles. The van der Waals surface area contributed by atoms with Crippen LogP contribution in [0.2, 0.25) is 0 Å². The average Bonchev–Trinajstić information content (AvgIpc) is 2.38. The van der Waals surface area contributed by atoms with Crippen LogP contribution in [0.15, 0.2) is 24.3 Å². The summed E-state index contributed by atoms with van der Waals surface area (Å²) in [5.74, 6) is 0.404. The second kappa shape index (κ2) is 7.68. The van der Waals surface area contributed by atoms with Gasteiger partial charge in [0.2, 0.25) is 5.91 Å². The van der Waals surface area contributed by atoms with Crippen LogP contribution in [0.1, 0.15) is 50.5 Å². The number of hydrogen-bond acceptors (Lipinski definition) is 1. The van der Waals surface area contributed by atoms with Gasteiger partial charge in [0.15, 0.2) is 0 Å². The van der Waals surface area contributed by atoms with Gasteiger partial charge in [0.05, 0.1) is 0 Å². The molecule has 0 saturated heterocycles. The summed E-state index contributed by atoms with van der Waals surface area (Å²) in [6.45, 7) is 0. The number of amides is 1. The molecule has 0 aromatic heterocycles. The number of rotatable bonds is 3. The van der Waals surface area contributed by atoms with Crippen molar-refractivity contribution in [2.24, 2.45) is 5.92 Å². The van der Waals surface area contributed by atoms with Crippen molar-refractivity contribution in [1.82, 2.24) is 0 Å². The second-order valence-electron chi connectivity index (χ2n) is 5.37. The summed E-state index contributed by atoms with van der Waals surface area (Å²) in [6.07, 6.45) is 8.38. The molecule has 0 unspecified atom stereocenters. The minimum absolute atomic E-state index is 0.202. The molecule has 104 valence electrons. The average molecular weight is 324 g/mol. The van der Waals surface area contributed by atoms with Gasteiger partial charge in [-0.05, 0) is 30.5 Å². The van der Waals surface area contributed by atoms with Crippen LogP contribution in [0, 0.1) is 5.92 Å². The molecule has 0 bridgehead atoms. The predicted molar refractivity (Wildman–Crippen MR) is 83.5 cm³/mol. The fourth-order valence-electron chi connectivity index (χ4n) is 2.69. The Hall–Kier alpha value is -0.830. The zero-order valence-corrected chi connectivity index (χ0v) is 12.9. The fourth-order valence-corrected chi connectivity index (χ4v) is 3.04. The maximum absolute atomic E-state index is 12.3. The number of carbonyl (C=O) groups is 1. The zero-order valence-electron chi connectivity index (χ0n) is 11.3. The van der Waals surface area contributed by atoms with Crippen LogP contribution in [-0.2, 0) is 10.1 Å². The highest BCUT2D eigenvalue weighted by Gasteiger charge is 2.19. The van der Waals surface area contributed by atoms with E-state index in [1.54, 1.807) is 0 Å². The first-order chi connectivity index (χ1) is 9.29. The molecule has 1 fully saturated rings. The van der Waals surface area contributed by atoms with Crippen LogP contribution >= 0.6 is 15.9 Å². The van der Waals surface area contributed by atoms with Gasteiger partial charge >= 0.3 is 0 Å². The third-order valence-electron chi connectivity index (χ3n) is 3.82. The molecular weight excluding hydrogens is 302 g/mol. The molecule has 0 radical (unpaired) electrons. The molecular formula is C16H22BrNO. The maximum atomic E-state index is 12.3. The van der Waals surface area contributed by atoms with Crippen molar-refractivity contribution < 1.29 is 4.79 Å². The van der Waals surface area contributed by atoms with E-state index >= 15 is 0 Å². The molecule has 19 heavy (non-hydrogen) atoms. The monoisotopic (exact) mass is 323 g/mol. The molecule has 1 N–H and O–H groups in total. The van der Waals surface area contributed by atoms with Gasteiger partial charge in [-0.3, -0.25) is 4.79 Å². The Morgan fingerprint density at radius 1 is 1.16 bits per heavy atom. The van der Waals surface area contributed by atoms with Gasteiger partial charge in [0, 0.05) is 16.9 Å². The standard InChI is InChI=1S/C16H22BrNO/c17-12-13-7-6-10-15(11-13)18-16(19)14-8-4-2-1-3-5-9-14/h6-7,10-11,14H,1-5,8-9,12H2,(H,18,19). The van der Waals surface area contributed by atoms with E-state index in [4.69, 9.17) is 0 Å². The highest BCUT2D eigenvalue weighted by atomic mass is 79.9. The molecule has 1 aromatic carbocycles. The summed E-state index contributed by atoms with van der Waals surface area (Å²) in [4.78, 5) is 12.3. The highest BCUT2D eigenvalue weighted by molar-refractivity contribution is 9.08. The molecule has 0 atom stereocenters. The fraction of sp³-hybridized carbons (Fsp3) is 0.562. The topological polar surface area (TPSA) is 29.1 Å². The van der Waals surface area contributed by atoms with Gasteiger partial charge in [-0.1, -0.05) is 60.2 Å². The van der Waals surface area contributed by atoms with E-state index in [1.165, 1.54) is 37.7 Å². The lowest BCUT2D eigenvalue weighted by molar-refractivity contribution is -0.120. The highest BCUT2D eigenvalue weighted by Crippen LogP contribution is 2.24. The van der Waals surface area contributed by atoms with Crippen LogP contribution < -0.4 is 5.32 Å². The van der Waals surface area contributed by atoms with Gasteiger partial charge < -0.3 is 5.32 Å². The van der Waals surface area contributed by atoms with Crippen molar-refractivity contribution in [3.63, 3.8) is 0 Å². The van der Waals surface area contributed by atoms with Crippen molar-refractivity contribution >= 4 is 27.5 Å². The van der Waals surface area contributed by atoms with Crippen molar-refractivity contribution in [3.8, 4) is 0 Å². The van der Waals surface area contributed by atoms with E-state index in [9.17, 15) is 4.79 Å². The molecule has 0 heterocycles. The van der Waals surface area contributed by atoms with Gasteiger partial charge in [-0.15, -0.1) is 0 Å². The molecule has 1 saturated carbocycles. The second-order valence-corrected chi connectivity index (χ2v) is 5.93. The predicted octanol–water partition coefficient (Wildman–Crippen LogP) is 4.88. The van der Waals surface area contributed by atoms with Gasteiger partial charge in [-0.25, -0.2) is 0 Å². The molecule has 1 aromatic rings. The minimum atomic E-state index is 0.202. The van der Waals surface area contributed by atoms with Crippen LogP contribution in [-0.4, -0.2) is 5.91 Å². The van der Waals surface area contributed by atoms with Crippen LogP contribution in [0.25, 0.3) is 0 Å². The zero-order chi connectivity index (χ0) is 13.5. The Morgan fingerprint density at radius 2 is 1.84 bits per heavy atom. The lowest BCUT2D eigenvalue weighted by Crippen LogP contribution is -2.23. The molecule has 1 amide bonds. The molecule has 2 nitrogen and oxygen atoms in total. The Kier molecular flexibility index (Phi) is 5.90.